The van der Waals surface area contributed by atoms with Crippen molar-refractivity contribution in [2.75, 3.05) is 51.0 Å². The zero-order chi connectivity index (χ0) is 17.3. The summed E-state index contributed by atoms with van der Waals surface area (Å²) < 4.78 is 16.7. The van der Waals surface area contributed by atoms with Gasteiger partial charge in [0.05, 0.1) is 19.8 Å². The van der Waals surface area contributed by atoms with Crippen molar-refractivity contribution in [1.82, 2.24) is 10.3 Å². The van der Waals surface area contributed by atoms with Crippen molar-refractivity contribution in [1.29, 1.82) is 0 Å². The van der Waals surface area contributed by atoms with Crippen molar-refractivity contribution in [2.24, 2.45) is 0 Å². The molecule has 0 aliphatic carbocycles. The van der Waals surface area contributed by atoms with E-state index in [-0.39, 0.29) is 0 Å². The summed E-state index contributed by atoms with van der Waals surface area (Å²) >= 11 is 0. The number of nitrogens with zero attached hydrogens (tertiary/aromatic N) is 2. The first-order valence-electron chi connectivity index (χ1n) is 9.62. The van der Waals surface area contributed by atoms with Crippen LogP contribution in [0.1, 0.15) is 32.6 Å². The minimum absolute atomic E-state index is 0.514. The molecule has 0 aromatic carbocycles. The van der Waals surface area contributed by atoms with Crippen molar-refractivity contribution in [3.8, 4) is 5.88 Å². The van der Waals surface area contributed by atoms with Gasteiger partial charge in [-0.25, -0.2) is 4.98 Å². The Balaban J connectivity index is 1.36. The summed E-state index contributed by atoms with van der Waals surface area (Å²) in [7, 11) is 0. The van der Waals surface area contributed by atoms with E-state index in [0.29, 0.717) is 44.4 Å². The van der Waals surface area contributed by atoms with E-state index in [4.69, 9.17) is 14.2 Å². The predicted octanol–water partition coefficient (Wildman–Crippen LogP) is 2.23. The SMILES string of the molecule is CCCCOCCOCCOc1cc(N2C3CCC2CNC3)ccn1. The molecule has 3 heterocycles. The van der Waals surface area contributed by atoms with Crippen LogP contribution >= 0.6 is 0 Å². The summed E-state index contributed by atoms with van der Waals surface area (Å²) in [4.78, 5) is 6.86. The molecule has 0 amide bonds. The Morgan fingerprint density at radius 2 is 1.80 bits per heavy atom. The quantitative estimate of drug-likeness (QED) is 0.618. The summed E-state index contributed by atoms with van der Waals surface area (Å²) in [6.07, 6.45) is 6.65. The lowest BCUT2D eigenvalue weighted by Crippen LogP contribution is -2.52. The highest BCUT2D eigenvalue weighted by Crippen LogP contribution is 2.33. The molecule has 2 unspecified atom stereocenters. The molecule has 1 aromatic rings. The average Bonchev–Trinajstić information content (AvgIpc) is 2.89. The number of anilines is 1. The molecule has 2 aliphatic rings. The highest BCUT2D eigenvalue weighted by Gasteiger charge is 2.36. The molecule has 2 bridgehead atoms. The minimum atomic E-state index is 0.514. The first-order valence-corrected chi connectivity index (χ1v) is 9.62. The average molecular weight is 349 g/mol. The van der Waals surface area contributed by atoms with Gasteiger partial charge in [0.2, 0.25) is 5.88 Å². The first kappa shape index (κ1) is 18.4. The number of hydrogen-bond donors (Lipinski definition) is 1. The van der Waals surface area contributed by atoms with Gasteiger partial charge in [0.15, 0.2) is 0 Å². The third-order valence-electron chi connectivity index (χ3n) is 4.89. The molecule has 6 nitrogen and oxygen atoms in total. The summed E-state index contributed by atoms with van der Waals surface area (Å²) in [6, 6.07) is 5.35. The maximum Gasteiger partial charge on any atom is 0.215 e. The maximum atomic E-state index is 5.75. The van der Waals surface area contributed by atoms with Gasteiger partial charge in [-0.15, -0.1) is 0 Å². The van der Waals surface area contributed by atoms with Crippen LogP contribution in [0.2, 0.25) is 0 Å². The van der Waals surface area contributed by atoms with Crippen LogP contribution in [-0.2, 0) is 9.47 Å². The number of pyridine rings is 1. The van der Waals surface area contributed by atoms with Gasteiger partial charge in [-0.3, -0.25) is 0 Å². The standard InChI is InChI=1S/C19H31N3O3/c1-2-3-8-23-9-10-24-11-12-25-19-13-16(6-7-21-19)22-17-4-5-18(22)15-20-14-17/h6-7,13,17-18,20H,2-5,8-12,14-15H2,1H3. The number of unbranched alkanes of at least 4 members (excludes halogenated alkanes) is 1. The highest BCUT2D eigenvalue weighted by molar-refractivity contribution is 5.52. The summed E-state index contributed by atoms with van der Waals surface area (Å²) in [5.41, 5.74) is 1.23. The van der Waals surface area contributed by atoms with Crippen LogP contribution in [0, 0.1) is 0 Å². The van der Waals surface area contributed by atoms with Gasteiger partial charge in [0.25, 0.3) is 0 Å². The van der Waals surface area contributed by atoms with Crippen LogP contribution in [0.5, 0.6) is 5.88 Å². The number of piperazine rings is 1. The van der Waals surface area contributed by atoms with E-state index in [2.05, 4.69) is 34.3 Å². The normalized spacial score (nSPS) is 22.4. The van der Waals surface area contributed by atoms with Crippen LogP contribution in [0.4, 0.5) is 5.69 Å². The second kappa shape index (κ2) is 9.94. The molecule has 1 N–H and O–H groups in total. The molecule has 25 heavy (non-hydrogen) atoms. The fourth-order valence-corrected chi connectivity index (χ4v) is 3.61. The van der Waals surface area contributed by atoms with E-state index in [9.17, 15) is 0 Å². The van der Waals surface area contributed by atoms with Crippen LogP contribution in [0.15, 0.2) is 18.3 Å². The minimum Gasteiger partial charge on any atom is -0.475 e. The number of nitrogens with one attached hydrogen (secondary N) is 1. The van der Waals surface area contributed by atoms with Crippen molar-refractivity contribution in [2.45, 2.75) is 44.7 Å². The number of rotatable bonds is 11. The van der Waals surface area contributed by atoms with E-state index < -0.39 is 0 Å². The van der Waals surface area contributed by atoms with E-state index in [1.54, 1.807) is 0 Å². The van der Waals surface area contributed by atoms with Gasteiger partial charge in [-0.1, -0.05) is 13.3 Å². The Morgan fingerprint density at radius 1 is 1.08 bits per heavy atom. The molecule has 0 spiro atoms. The third kappa shape index (κ3) is 5.30. The van der Waals surface area contributed by atoms with Crippen molar-refractivity contribution >= 4 is 5.69 Å². The first-order chi connectivity index (χ1) is 12.4. The molecular formula is C19H31N3O3. The van der Waals surface area contributed by atoms with Gasteiger partial charge in [-0.05, 0) is 25.3 Å². The number of aromatic nitrogens is 1. The van der Waals surface area contributed by atoms with Crippen LogP contribution in [0.25, 0.3) is 0 Å². The lowest BCUT2D eigenvalue weighted by Gasteiger charge is -2.37. The molecule has 140 valence electrons. The van der Waals surface area contributed by atoms with Crippen molar-refractivity contribution in [3.63, 3.8) is 0 Å². The highest BCUT2D eigenvalue weighted by atomic mass is 16.5. The van der Waals surface area contributed by atoms with Crippen LogP contribution < -0.4 is 15.0 Å². The van der Waals surface area contributed by atoms with Crippen LogP contribution in [0.3, 0.4) is 0 Å². The Kier molecular flexibility index (Phi) is 7.33. The number of hydrogen-bond acceptors (Lipinski definition) is 6. The molecule has 2 aliphatic heterocycles. The Morgan fingerprint density at radius 3 is 2.56 bits per heavy atom. The van der Waals surface area contributed by atoms with Gasteiger partial charge >= 0.3 is 0 Å². The monoisotopic (exact) mass is 349 g/mol. The van der Waals surface area contributed by atoms with Crippen molar-refractivity contribution < 1.29 is 14.2 Å². The lowest BCUT2D eigenvalue weighted by molar-refractivity contribution is 0.0351. The van der Waals surface area contributed by atoms with E-state index in [1.165, 1.54) is 18.5 Å². The molecule has 0 saturated carbocycles. The molecule has 2 fully saturated rings. The molecule has 2 saturated heterocycles. The summed E-state index contributed by atoms with van der Waals surface area (Å²) in [5.74, 6) is 0.679. The molecule has 6 heteroatoms. The zero-order valence-corrected chi connectivity index (χ0v) is 15.3. The molecule has 3 rings (SSSR count). The lowest BCUT2D eigenvalue weighted by atomic mass is 10.2. The fourth-order valence-electron chi connectivity index (χ4n) is 3.61. The topological polar surface area (TPSA) is 55.9 Å². The summed E-state index contributed by atoms with van der Waals surface area (Å²) in [5, 5.41) is 3.52. The smallest absolute Gasteiger partial charge is 0.215 e. The van der Waals surface area contributed by atoms with Gasteiger partial charge < -0.3 is 24.4 Å². The maximum absolute atomic E-state index is 5.75. The molecule has 2 atom stereocenters. The Hall–Kier alpha value is -1.37. The third-order valence-corrected chi connectivity index (χ3v) is 4.89. The second-order valence-corrected chi connectivity index (χ2v) is 6.73. The van der Waals surface area contributed by atoms with Gasteiger partial charge in [0.1, 0.15) is 6.61 Å². The Labute approximate surface area is 150 Å². The second-order valence-electron chi connectivity index (χ2n) is 6.73. The fraction of sp³-hybridized carbons (Fsp3) is 0.737. The molecule has 0 radical (unpaired) electrons. The summed E-state index contributed by atoms with van der Waals surface area (Å²) in [6.45, 7) is 7.46. The largest absolute Gasteiger partial charge is 0.475 e. The number of fused-ring (bicyclic) bond motifs is 2. The van der Waals surface area contributed by atoms with Gasteiger partial charge in [-0.2, -0.15) is 0 Å². The van der Waals surface area contributed by atoms with Crippen LogP contribution in [-0.4, -0.2) is 63.2 Å². The predicted molar refractivity (Wildman–Crippen MR) is 98.4 cm³/mol. The van der Waals surface area contributed by atoms with E-state index in [0.717, 1.165) is 32.5 Å². The molecule has 1 aromatic heterocycles. The molecular weight excluding hydrogens is 318 g/mol. The van der Waals surface area contributed by atoms with E-state index >= 15 is 0 Å². The van der Waals surface area contributed by atoms with Crippen molar-refractivity contribution in [3.05, 3.63) is 18.3 Å². The van der Waals surface area contributed by atoms with Gasteiger partial charge in [0, 0.05) is 49.7 Å². The zero-order valence-electron chi connectivity index (χ0n) is 15.3. The van der Waals surface area contributed by atoms with E-state index in [1.807, 2.05) is 6.20 Å². The Bertz CT molecular complexity index is 498. The number of ether oxygens (including phenoxy) is 3.